The minimum absolute atomic E-state index is 0.362. The highest BCUT2D eigenvalue weighted by molar-refractivity contribution is 5.99. The average Bonchev–Trinajstić information content (AvgIpc) is 3.14. The van der Waals surface area contributed by atoms with Crippen molar-refractivity contribution in [2.45, 2.75) is 13.8 Å². The van der Waals surface area contributed by atoms with E-state index in [1.165, 1.54) is 6.33 Å². The number of pyridine rings is 1. The minimum atomic E-state index is -0.512. The molecule has 0 bridgehead atoms. The second-order valence-electron chi connectivity index (χ2n) is 6.02. The van der Waals surface area contributed by atoms with Crippen LogP contribution in [-0.2, 0) is 0 Å². The number of carbonyl (C=O) groups excluding carboxylic acids is 1. The summed E-state index contributed by atoms with van der Waals surface area (Å²) in [7, 11) is 0. The Labute approximate surface area is 152 Å². The fourth-order valence-electron chi connectivity index (χ4n) is 2.98. The zero-order valence-corrected chi connectivity index (χ0v) is 15.1. The van der Waals surface area contributed by atoms with Crippen molar-refractivity contribution in [1.82, 2.24) is 19.5 Å². The lowest BCUT2D eigenvalue weighted by Crippen LogP contribution is -2.28. The number of benzene rings is 1. The molecule has 0 saturated carbocycles. The van der Waals surface area contributed by atoms with Crippen molar-refractivity contribution in [2.75, 3.05) is 31.5 Å². The van der Waals surface area contributed by atoms with Gasteiger partial charge in [-0.05, 0) is 37.4 Å². The first-order valence-corrected chi connectivity index (χ1v) is 8.83. The minimum Gasteiger partial charge on any atom is -0.384 e. The molecule has 0 radical (unpaired) electrons. The molecule has 0 unspecified atom stereocenters. The van der Waals surface area contributed by atoms with Crippen LogP contribution in [0.1, 0.15) is 24.2 Å². The number of nitrogens with two attached hydrogens (primary N) is 1. The SMILES string of the molecule is CCN(CC)CCNc1ccc(-c2ccc(C(N)=O)c3ncnn23)cc1. The smallest absolute Gasteiger partial charge is 0.252 e. The monoisotopic (exact) mass is 352 g/mol. The number of rotatable bonds is 8. The fourth-order valence-corrected chi connectivity index (χ4v) is 2.98. The van der Waals surface area contributed by atoms with Crippen LogP contribution >= 0.6 is 0 Å². The summed E-state index contributed by atoms with van der Waals surface area (Å²) in [5, 5.41) is 7.67. The van der Waals surface area contributed by atoms with E-state index in [9.17, 15) is 4.79 Å². The molecule has 136 valence electrons. The molecular formula is C19H24N6O. The predicted octanol–water partition coefficient (Wildman–Crippen LogP) is 2.25. The summed E-state index contributed by atoms with van der Waals surface area (Å²) < 4.78 is 1.64. The van der Waals surface area contributed by atoms with Gasteiger partial charge in [-0.3, -0.25) is 4.79 Å². The largest absolute Gasteiger partial charge is 0.384 e. The van der Waals surface area contributed by atoms with E-state index in [-0.39, 0.29) is 0 Å². The van der Waals surface area contributed by atoms with Gasteiger partial charge >= 0.3 is 0 Å². The molecule has 3 aromatic rings. The molecule has 3 rings (SSSR count). The van der Waals surface area contributed by atoms with Crippen molar-refractivity contribution in [1.29, 1.82) is 0 Å². The predicted molar refractivity (Wildman–Crippen MR) is 103 cm³/mol. The van der Waals surface area contributed by atoms with E-state index < -0.39 is 5.91 Å². The Morgan fingerprint density at radius 3 is 2.54 bits per heavy atom. The lowest BCUT2D eigenvalue weighted by molar-refractivity contribution is 0.100. The molecule has 0 aliphatic heterocycles. The topological polar surface area (TPSA) is 88.5 Å². The van der Waals surface area contributed by atoms with Crippen LogP contribution in [0.25, 0.3) is 16.9 Å². The Morgan fingerprint density at radius 1 is 1.15 bits per heavy atom. The number of aromatic nitrogens is 3. The summed E-state index contributed by atoms with van der Waals surface area (Å²) in [5.41, 5.74) is 9.16. The number of carbonyl (C=O) groups is 1. The van der Waals surface area contributed by atoms with Crippen molar-refractivity contribution in [2.24, 2.45) is 5.73 Å². The molecule has 0 spiro atoms. The van der Waals surface area contributed by atoms with Gasteiger partial charge in [-0.1, -0.05) is 26.0 Å². The molecule has 7 nitrogen and oxygen atoms in total. The Bertz CT molecular complexity index is 883. The Balaban J connectivity index is 1.77. The van der Waals surface area contributed by atoms with Gasteiger partial charge in [-0.25, -0.2) is 9.50 Å². The third-order valence-corrected chi connectivity index (χ3v) is 4.52. The molecule has 0 saturated heterocycles. The van der Waals surface area contributed by atoms with Crippen LogP contribution in [0.15, 0.2) is 42.7 Å². The lowest BCUT2D eigenvalue weighted by Gasteiger charge is -2.18. The van der Waals surface area contributed by atoms with E-state index in [1.54, 1.807) is 10.6 Å². The molecule has 0 aliphatic carbocycles. The van der Waals surface area contributed by atoms with E-state index >= 15 is 0 Å². The van der Waals surface area contributed by atoms with Crippen LogP contribution in [0.2, 0.25) is 0 Å². The molecule has 1 aromatic carbocycles. The van der Waals surface area contributed by atoms with Gasteiger partial charge < -0.3 is 16.0 Å². The number of hydrogen-bond acceptors (Lipinski definition) is 5. The molecule has 0 aliphatic rings. The highest BCUT2D eigenvalue weighted by Gasteiger charge is 2.13. The van der Waals surface area contributed by atoms with Crippen LogP contribution in [-0.4, -0.2) is 51.6 Å². The molecule has 2 aromatic heterocycles. The molecule has 0 atom stereocenters. The number of fused-ring (bicyclic) bond motifs is 1. The molecule has 26 heavy (non-hydrogen) atoms. The second-order valence-corrected chi connectivity index (χ2v) is 6.02. The van der Waals surface area contributed by atoms with Gasteiger partial charge in [0.25, 0.3) is 5.91 Å². The Hall–Kier alpha value is -2.93. The second kappa shape index (κ2) is 7.97. The number of amides is 1. The molecule has 1 amide bonds. The number of likely N-dealkylation sites (N-methyl/N-ethyl adjacent to an activating group) is 1. The van der Waals surface area contributed by atoms with Gasteiger partial charge in [0.2, 0.25) is 0 Å². The van der Waals surface area contributed by atoms with Gasteiger partial charge in [0.05, 0.1) is 11.3 Å². The van der Waals surface area contributed by atoms with Crippen LogP contribution in [0.3, 0.4) is 0 Å². The van der Waals surface area contributed by atoms with Crippen molar-refractivity contribution in [3.63, 3.8) is 0 Å². The molecular weight excluding hydrogens is 328 g/mol. The summed E-state index contributed by atoms with van der Waals surface area (Å²) in [6, 6.07) is 11.7. The maximum atomic E-state index is 11.5. The average molecular weight is 352 g/mol. The number of hydrogen-bond donors (Lipinski definition) is 2. The van der Waals surface area contributed by atoms with Crippen molar-refractivity contribution in [3.05, 3.63) is 48.3 Å². The first-order chi connectivity index (χ1) is 12.6. The van der Waals surface area contributed by atoms with E-state index in [1.807, 2.05) is 30.3 Å². The highest BCUT2D eigenvalue weighted by Crippen LogP contribution is 2.23. The number of anilines is 1. The van der Waals surface area contributed by atoms with Gasteiger partial charge in [0.1, 0.15) is 6.33 Å². The zero-order valence-electron chi connectivity index (χ0n) is 15.1. The number of primary amides is 1. The summed E-state index contributed by atoms with van der Waals surface area (Å²) >= 11 is 0. The highest BCUT2D eigenvalue weighted by atomic mass is 16.1. The van der Waals surface area contributed by atoms with E-state index in [2.05, 4.69) is 34.1 Å². The van der Waals surface area contributed by atoms with Gasteiger partial charge in [0.15, 0.2) is 5.65 Å². The van der Waals surface area contributed by atoms with Crippen molar-refractivity contribution < 1.29 is 4.79 Å². The third kappa shape index (κ3) is 3.67. The summed E-state index contributed by atoms with van der Waals surface area (Å²) in [6.07, 6.45) is 1.43. The Kier molecular flexibility index (Phi) is 5.48. The first-order valence-electron chi connectivity index (χ1n) is 8.83. The zero-order chi connectivity index (χ0) is 18.5. The van der Waals surface area contributed by atoms with E-state index in [0.717, 1.165) is 43.1 Å². The van der Waals surface area contributed by atoms with Crippen LogP contribution in [0.4, 0.5) is 5.69 Å². The molecule has 2 heterocycles. The normalized spacial score (nSPS) is 11.2. The van der Waals surface area contributed by atoms with Crippen LogP contribution in [0, 0.1) is 0 Å². The van der Waals surface area contributed by atoms with Crippen LogP contribution in [0.5, 0.6) is 0 Å². The van der Waals surface area contributed by atoms with Crippen molar-refractivity contribution >= 4 is 17.2 Å². The third-order valence-electron chi connectivity index (χ3n) is 4.52. The van der Waals surface area contributed by atoms with Gasteiger partial charge in [-0.15, -0.1) is 0 Å². The van der Waals surface area contributed by atoms with Gasteiger partial charge in [0, 0.05) is 24.3 Å². The number of nitrogens with zero attached hydrogens (tertiary/aromatic N) is 4. The molecule has 3 N–H and O–H groups in total. The van der Waals surface area contributed by atoms with Gasteiger partial charge in [-0.2, -0.15) is 5.10 Å². The maximum absolute atomic E-state index is 11.5. The first kappa shape index (κ1) is 17.9. The van der Waals surface area contributed by atoms with E-state index in [0.29, 0.717) is 11.2 Å². The van der Waals surface area contributed by atoms with E-state index in [4.69, 9.17) is 5.73 Å². The summed E-state index contributed by atoms with van der Waals surface area (Å²) in [5.74, 6) is -0.512. The maximum Gasteiger partial charge on any atom is 0.252 e. The van der Waals surface area contributed by atoms with Crippen LogP contribution < -0.4 is 11.1 Å². The fraction of sp³-hybridized carbons (Fsp3) is 0.316. The summed E-state index contributed by atoms with van der Waals surface area (Å²) in [4.78, 5) is 18.1. The lowest BCUT2D eigenvalue weighted by atomic mass is 10.1. The standard InChI is InChI=1S/C19H24N6O/c1-3-24(4-2)12-11-21-15-7-5-14(6-8-15)17-10-9-16(18(20)26)19-22-13-23-25(17)19/h5-10,13,21H,3-4,11-12H2,1-2H3,(H2,20,26). The van der Waals surface area contributed by atoms with Crippen molar-refractivity contribution in [3.8, 4) is 11.3 Å². The quantitative estimate of drug-likeness (QED) is 0.649. The summed E-state index contributed by atoms with van der Waals surface area (Å²) in [6.45, 7) is 8.39. The molecule has 7 heteroatoms. The Morgan fingerprint density at radius 2 is 1.88 bits per heavy atom. The number of nitrogens with one attached hydrogen (secondary N) is 1. The molecule has 0 fully saturated rings.